The van der Waals surface area contributed by atoms with E-state index in [-0.39, 0.29) is 11.8 Å². The van der Waals surface area contributed by atoms with Crippen LogP contribution >= 0.6 is 0 Å². The highest BCUT2D eigenvalue weighted by Gasteiger charge is 2.07. The van der Waals surface area contributed by atoms with Crippen LogP contribution in [-0.4, -0.2) is 26.5 Å². The molecule has 0 aliphatic carbocycles. The zero-order valence-corrected chi connectivity index (χ0v) is 11.1. The standard InChI is InChI=1S/C13H21NO2S/c1-17(15,16)11-10-13(14)9-5-8-12-6-3-2-4-7-12/h2-4,6-7,13H,5,8-11,14H2,1H3. The molecule has 1 unspecified atom stereocenters. The lowest BCUT2D eigenvalue weighted by molar-refractivity contribution is 0.555. The third-order valence-corrected chi connectivity index (χ3v) is 3.72. The Labute approximate surface area is 104 Å². The average molecular weight is 255 g/mol. The summed E-state index contributed by atoms with van der Waals surface area (Å²) in [5.41, 5.74) is 7.19. The van der Waals surface area contributed by atoms with E-state index in [9.17, 15) is 8.42 Å². The van der Waals surface area contributed by atoms with Crippen LogP contribution < -0.4 is 5.73 Å². The van der Waals surface area contributed by atoms with Gasteiger partial charge in [0, 0.05) is 12.3 Å². The number of aryl methyl sites for hydroxylation is 1. The topological polar surface area (TPSA) is 60.2 Å². The van der Waals surface area contributed by atoms with Gasteiger partial charge in [0.05, 0.1) is 5.75 Å². The van der Waals surface area contributed by atoms with E-state index in [0.717, 1.165) is 19.3 Å². The molecule has 0 amide bonds. The number of hydrogen-bond donors (Lipinski definition) is 1. The van der Waals surface area contributed by atoms with Gasteiger partial charge in [0.2, 0.25) is 0 Å². The van der Waals surface area contributed by atoms with Crippen LogP contribution in [0.25, 0.3) is 0 Å². The van der Waals surface area contributed by atoms with Gasteiger partial charge >= 0.3 is 0 Å². The molecule has 3 nitrogen and oxygen atoms in total. The summed E-state index contributed by atoms with van der Waals surface area (Å²) in [6, 6.07) is 10.2. The van der Waals surface area contributed by atoms with Crippen molar-refractivity contribution < 1.29 is 8.42 Å². The molecular weight excluding hydrogens is 234 g/mol. The Balaban J connectivity index is 2.18. The highest BCUT2D eigenvalue weighted by molar-refractivity contribution is 7.90. The molecule has 0 saturated heterocycles. The van der Waals surface area contributed by atoms with E-state index in [1.165, 1.54) is 11.8 Å². The summed E-state index contributed by atoms with van der Waals surface area (Å²) in [4.78, 5) is 0. The van der Waals surface area contributed by atoms with Gasteiger partial charge in [0.1, 0.15) is 9.84 Å². The molecule has 96 valence electrons. The number of sulfone groups is 1. The molecule has 1 atom stereocenters. The molecule has 1 aromatic rings. The van der Waals surface area contributed by atoms with Crippen LogP contribution in [-0.2, 0) is 16.3 Å². The molecule has 0 aromatic heterocycles. The minimum atomic E-state index is -2.88. The molecule has 0 aliphatic heterocycles. The van der Waals surface area contributed by atoms with Crippen LogP contribution in [0.4, 0.5) is 0 Å². The fourth-order valence-corrected chi connectivity index (χ4v) is 2.45. The highest BCUT2D eigenvalue weighted by atomic mass is 32.2. The molecule has 2 N–H and O–H groups in total. The Morgan fingerprint density at radius 1 is 1.18 bits per heavy atom. The van der Waals surface area contributed by atoms with E-state index in [1.54, 1.807) is 0 Å². The Morgan fingerprint density at radius 2 is 1.82 bits per heavy atom. The third kappa shape index (κ3) is 7.13. The predicted octanol–water partition coefficient (Wildman–Crippen LogP) is 1.77. The first-order chi connectivity index (χ1) is 7.97. The lowest BCUT2D eigenvalue weighted by atomic mass is 10.0. The molecule has 0 bridgehead atoms. The number of rotatable bonds is 7. The van der Waals surface area contributed by atoms with Crippen molar-refractivity contribution in [2.45, 2.75) is 31.7 Å². The smallest absolute Gasteiger partial charge is 0.147 e. The SMILES string of the molecule is CS(=O)(=O)CCC(N)CCCc1ccccc1. The van der Waals surface area contributed by atoms with E-state index >= 15 is 0 Å². The van der Waals surface area contributed by atoms with Crippen molar-refractivity contribution in [3.05, 3.63) is 35.9 Å². The molecule has 1 aromatic carbocycles. The maximum Gasteiger partial charge on any atom is 0.147 e. The van der Waals surface area contributed by atoms with E-state index in [1.807, 2.05) is 18.2 Å². The quantitative estimate of drug-likeness (QED) is 0.807. The second-order valence-electron chi connectivity index (χ2n) is 4.56. The molecule has 4 heteroatoms. The van der Waals surface area contributed by atoms with Gasteiger partial charge in [-0.25, -0.2) is 8.42 Å². The van der Waals surface area contributed by atoms with Crippen LogP contribution in [0, 0.1) is 0 Å². The summed E-state index contributed by atoms with van der Waals surface area (Å²) in [6.07, 6.45) is 4.71. The molecule has 0 spiro atoms. The van der Waals surface area contributed by atoms with E-state index < -0.39 is 9.84 Å². The average Bonchev–Trinajstić information content (AvgIpc) is 2.27. The van der Waals surface area contributed by atoms with Gasteiger partial charge in [-0.15, -0.1) is 0 Å². The van der Waals surface area contributed by atoms with Crippen molar-refractivity contribution in [3.8, 4) is 0 Å². The minimum absolute atomic E-state index is 0.00608. The van der Waals surface area contributed by atoms with Crippen LogP contribution in [0.2, 0.25) is 0 Å². The summed E-state index contributed by atoms with van der Waals surface area (Å²) in [5, 5.41) is 0. The summed E-state index contributed by atoms with van der Waals surface area (Å²) in [6.45, 7) is 0. The molecule has 17 heavy (non-hydrogen) atoms. The van der Waals surface area contributed by atoms with E-state index in [0.29, 0.717) is 6.42 Å². The zero-order valence-electron chi connectivity index (χ0n) is 10.3. The summed E-state index contributed by atoms with van der Waals surface area (Å²) >= 11 is 0. The Kier molecular flexibility index (Phi) is 5.65. The van der Waals surface area contributed by atoms with Gasteiger partial charge in [0.15, 0.2) is 0 Å². The van der Waals surface area contributed by atoms with Crippen LogP contribution in [0.1, 0.15) is 24.8 Å². The Morgan fingerprint density at radius 3 is 2.41 bits per heavy atom. The lowest BCUT2D eigenvalue weighted by Gasteiger charge is -2.10. The minimum Gasteiger partial charge on any atom is -0.328 e. The highest BCUT2D eigenvalue weighted by Crippen LogP contribution is 2.07. The van der Waals surface area contributed by atoms with Crippen molar-refractivity contribution >= 4 is 9.84 Å². The second kappa shape index (κ2) is 6.77. The summed E-state index contributed by atoms with van der Waals surface area (Å²) in [5.74, 6) is 0.194. The molecule has 0 fully saturated rings. The second-order valence-corrected chi connectivity index (χ2v) is 6.82. The normalized spacial score (nSPS) is 13.5. The molecule has 0 saturated carbocycles. The van der Waals surface area contributed by atoms with Gasteiger partial charge < -0.3 is 5.73 Å². The van der Waals surface area contributed by atoms with Crippen molar-refractivity contribution in [1.29, 1.82) is 0 Å². The summed E-state index contributed by atoms with van der Waals surface area (Å²) in [7, 11) is -2.88. The Hall–Kier alpha value is -0.870. The number of benzene rings is 1. The third-order valence-electron chi connectivity index (χ3n) is 2.74. The van der Waals surface area contributed by atoms with Gasteiger partial charge in [0.25, 0.3) is 0 Å². The van der Waals surface area contributed by atoms with Crippen LogP contribution in [0.5, 0.6) is 0 Å². The first-order valence-corrected chi connectivity index (χ1v) is 8.00. The molecule has 0 radical (unpaired) electrons. The predicted molar refractivity (Wildman–Crippen MR) is 71.7 cm³/mol. The summed E-state index contributed by atoms with van der Waals surface area (Å²) < 4.78 is 22.0. The van der Waals surface area contributed by atoms with Crippen LogP contribution in [0.3, 0.4) is 0 Å². The molecule has 0 aliphatic rings. The first kappa shape index (κ1) is 14.2. The van der Waals surface area contributed by atoms with Crippen molar-refractivity contribution in [2.75, 3.05) is 12.0 Å². The maximum atomic E-state index is 11.0. The lowest BCUT2D eigenvalue weighted by Crippen LogP contribution is -2.23. The maximum absolute atomic E-state index is 11.0. The van der Waals surface area contributed by atoms with Crippen molar-refractivity contribution in [1.82, 2.24) is 0 Å². The fourth-order valence-electron chi connectivity index (χ4n) is 1.72. The van der Waals surface area contributed by atoms with Crippen molar-refractivity contribution in [3.63, 3.8) is 0 Å². The number of hydrogen-bond acceptors (Lipinski definition) is 3. The first-order valence-electron chi connectivity index (χ1n) is 5.94. The van der Waals surface area contributed by atoms with Gasteiger partial charge in [-0.05, 0) is 31.2 Å². The molecule has 0 heterocycles. The monoisotopic (exact) mass is 255 g/mol. The van der Waals surface area contributed by atoms with E-state index in [2.05, 4.69) is 12.1 Å². The van der Waals surface area contributed by atoms with Gasteiger partial charge in [-0.3, -0.25) is 0 Å². The van der Waals surface area contributed by atoms with Crippen molar-refractivity contribution in [2.24, 2.45) is 5.73 Å². The zero-order chi connectivity index (χ0) is 12.7. The van der Waals surface area contributed by atoms with Gasteiger partial charge in [-0.2, -0.15) is 0 Å². The largest absolute Gasteiger partial charge is 0.328 e. The molecule has 1 rings (SSSR count). The molecular formula is C13H21NO2S. The van der Waals surface area contributed by atoms with Gasteiger partial charge in [-0.1, -0.05) is 30.3 Å². The van der Waals surface area contributed by atoms with E-state index in [4.69, 9.17) is 5.73 Å². The van der Waals surface area contributed by atoms with Crippen LogP contribution in [0.15, 0.2) is 30.3 Å². The number of nitrogens with two attached hydrogens (primary N) is 1. The fraction of sp³-hybridized carbons (Fsp3) is 0.538. The Bertz CT molecular complexity index is 414.